The third-order valence-corrected chi connectivity index (χ3v) is 1.57. The van der Waals surface area contributed by atoms with Crippen molar-refractivity contribution in [2.24, 2.45) is 0 Å². The van der Waals surface area contributed by atoms with Crippen LogP contribution in [0.3, 0.4) is 0 Å². The van der Waals surface area contributed by atoms with Crippen molar-refractivity contribution in [3.63, 3.8) is 0 Å². The van der Waals surface area contributed by atoms with E-state index in [4.69, 9.17) is 5.41 Å². The average Bonchev–Trinajstić information content (AvgIpc) is 2.06. The number of hydrogen-bond acceptors (Lipinski definition) is 1. The highest BCUT2D eigenvalue weighted by atomic mass is 14.3. The van der Waals surface area contributed by atoms with E-state index in [0.29, 0.717) is 0 Å². The molecule has 0 saturated carbocycles. The van der Waals surface area contributed by atoms with E-state index in [1.165, 1.54) is 11.4 Å². The van der Waals surface area contributed by atoms with E-state index in [2.05, 4.69) is 0 Å². The SMILES string of the molecule is C/C=c1/cccc/c1=C/C=N. The highest BCUT2D eigenvalue weighted by molar-refractivity contribution is 5.88. The molecule has 1 heteroatoms. The van der Waals surface area contributed by atoms with Crippen LogP contribution in [0.15, 0.2) is 24.3 Å². The van der Waals surface area contributed by atoms with Gasteiger partial charge in [0.25, 0.3) is 0 Å². The number of benzene rings is 1. The van der Waals surface area contributed by atoms with Gasteiger partial charge in [-0.25, -0.2) is 0 Å². The van der Waals surface area contributed by atoms with Gasteiger partial charge in [0.1, 0.15) is 0 Å². The minimum absolute atomic E-state index is 1.10. The molecule has 0 heterocycles. The van der Waals surface area contributed by atoms with Gasteiger partial charge in [0.2, 0.25) is 0 Å². The molecule has 1 aromatic rings. The van der Waals surface area contributed by atoms with Crippen LogP contribution >= 0.6 is 0 Å². The molecular weight excluding hydrogens is 134 g/mol. The number of rotatable bonds is 1. The predicted octanol–water partition coefficient (Wildman–Crippen LogP) is 0.917. The molecule has 0 saturated heterocycles. The van der Waals surface area contributed by atoms with Gasteiger partial charge < -0.3 is 5.41 Å². The smallest absolute Gasteiger partial charge is 0.0183 e. The minimum atomic E-state index is 1.10. The fourth-order valence-corrected chi connectivity index (χ4v) is 1.02. The Kier molecular flexibility index (Phi) is 2.61. The van der Waals surface area contributed by atoms with Gasteiger partial charge >= 0.3 is 0 Å². The van der Waals surface area contributed by atoms with Crippen LogP contribution < -0.4 is 10.4 Å². The van der Waals surface area contributed by atoms with Crippen LogP contribution in [-0.2, 0) is 0 Å². The van der Waals surface area contributed by atoms with Gasteiger partial charge in [-0.2, -0.15) is 0 Å². The van der Waals surface area contributed by atoms with Crippen LogP contribution in [0.1, 0.15) is 6.92 Å². The van der Waals surface area contributed by atoms with E-state index in [-0.39, 0.29) is 0 Å². The Balaban J connectivity index is 3.48. The second-order valence-corrected chi connectivity index (χ2v) is 2.25. The molecule has 0 aliphatic heterocycles. The van der Waals surface area contributed by atoms with Gasteiger partial charge in [0, 0.05) is 6.21 Å². The normalized spacial score (nSPS) is 13.5. The van der Waals surface area contributed by atoms with Crippen LogP contribution in [0.4, 0.5) is 0 Å². The molecule has 0 unspecified atom stereocenters. The van der Waals surface area contributed by atoms with Crippen molar-refractivity contribution in [1.82, 2.24) is 0 Å². The highest BCUT2D eigenvalue weighted by Crippen LogP contribution is 1.70. The summed E-state index contributed by atoms with van der Waals surface area (Å²) in [5, 5.41) is 9.20. The lowest BCUT2D eigenvalue weighted by molar-refractivity contribution is 1.51. The Morgan fingerprint density at radius 2 is 1.82 bits per heavy atom. The Labute approximate surface area is 66.2 Å². The predicted molar refractivity (Wildman–Crippen MR) is 49.1 cm³/mol. The molecule has 0 atom stereocenters. The Hall–Kier alpha value is -1.37. The fraction of sp³-hybridized carbons (Fsp3) is 0.100. The zero-order chi connectivity index (χ0) is 8.10. The number of hydrogen-bond donors (Lipinski definition) is 1. The van der Waals surface area contributed by atoms with Crippen molar-refractivity contribution >= 4 is 18.4 Å². The fourth-order valence-electron chi connectivity index (χ4n) is 1.02. The second kappa shape index (κ2) is 3.71. The van der Waals surface area contributed by atoms with Gasteiger partial charge in [0.15, 0.2) is 0 Å². The van der Waals surface area contributed by atoms with E-state index < -0.39 is 0 Å². The van der Waals surface area contributed by atoms with E-state index in [0.717, 1.165) is 5.22 Å². The van der Waals surface area contributed by atoms with Gasteiger partial charge in [-0.05, 0) is 23.4 Å². The maximum absolute atomic E-state index is 6.92. The van der Waals surface area contributed by atoms with Gasteiger partial charge in [-0.15, -0.1) is 0 Å². The lowest BCUT2D eigenvalue weighted by atomic mass is 10.2. The molecule has 0 bridgehead atoms. The van der Waals surface area contributed by atoms with Crippen molar-refractivity contribution in [1.29, 1.82) is 5.41 Å². The summed E-state index contributed by atoms with van der Waals surface area (Å²) in [6.45, 7) is 2.00. The molecule has 0 amide bonds. The average molecular weight is 145 g/mol. The summed E-state index contributed by atoms with van der Waals surface area (Å²) in [4.78, 5) is 0. The maximum atomic E-state index is 6.92. The standard InChI is InChI=1S/C10H11N/c1-2-9-5-3-4-6-10(9)7-8-11/h2-8,11H,1H3/b9-2-,10-7-,11-8?. The first-order valence-corrected chi connectivity index (χ1v) is 3.60. The van der Waals surface area contributed by atoms with Gasteiger partial charge in [-0.1, -0.05) is 30.3 Å². The largest absolute Gasteiger partial charge is 0.309 e. The Morgan fingerprint density at radius 1 is 1.18 bits per heavy atom. The molecule has 1 aromatic carbocycles. The summed E-state index contributed by atoms with van der Waals surface area (Å²) in [7, 11) is 0. The van der Waals surface area contributed by atoms with Crippen molar-refractivity contribution in [2.75, 3.05) is 0 Å². The zero-order valence-electron chi connectivity index (χ0n) is 6.54. The van der Waals surface area contributed by atoms with Crippen molar-refractivity contribution in [2.45, 2.75) is 6.92 Å². The summed E-state index contributed by atoms with van der Waals surface area (Å²) >= 11 is 0. The van der Waals surface area contributed by atoms with E-state index in [9.17, 15) is 0 Å². The van der Waals surface area contributed by atoms with E-state index in [1.807, 2.05) is 37.3 Å². The van der Waals surface area contributed by atoms with Crippen LogP contribution in [0.25, 0.3) is 12.2 Å². The monoisotopic (exact) mass is 145 g/mol. The number of nitrogens with one attached hydrogen (secondary N) is 1. The molecule has 0 radical (unpaired) electrons. The second-order valence-electron chi connectivity index (χ2n) is 2.25. The van der Waals surface area contributed by atoms with E-state index in [1.54, 1.807) is 6.08 Å². The molecule has 11 heavy (non-hydrogen) atoms. The minimum Gasteiger partial charge on any atom is -0.309 e. The molecule has 0 spiro atoms. The Morgan fingerprint density at radius 3 is 2.36 bits per heavy atom. The molecule has 1 rings (SSSR count). The van der Waals surface area contributed by atoms with Crippen molar-refractivity contribution < 1.29 is 0 Å². The topological polar surface area (TPSA) is 23.9 Å². The van der Waals surface area contributed by atoms with E-state index >= 15 is 0 Å². The quantitative estimate of drug-likeness (QED) is 0.568. The first-order valence-electron chi connectivity index (χ1n) is 3.60. The lowest BCUT2D eigenvalue weighted by Gasteiger charge is -1.85. The summed E-state index contributed by atoms with van der Waals surface area (Å²) in [5.74, 6) is 0. The van der Waals surface area contributed by atoms with Gasteiger partial charge in [0.05, 0.1) is 0 Å². The Bertz CT molecular complexity index is 349. The lowest BCUT2D eigenvalue weighted by Crippen LogP contribution is -2.23. The summed E-state index contributed by atoms with van der Waals surface area (Å²) in [6.07, 6.45) is 5.13. The van der Waals surface area contributed by atoms with Crippen LogP contribution in [0.2, 0.25) is 0 Å². The first kappa shape index (κ1) is 7.73. The molecule has 1 N–H and O–H groups in total. The molecular formula is C10H11N. The molecule has 0 aliphatic carbocycles. The third kappa shape index (κ3) is 1.77. The molecule has 0 aliphatic rings. The first-order chi connectivity index (χ1) is 5.38. The summed E-state index contributed by atoms with van der Waals surface area (Å²) in [5.41, 5.74) is 0. The maximum Gasteiger partial charge on any atom is 0.0183 e. The van der Waals surface area contributed by atoms with Crippen molar-refractivity contribution in [3.8, 4) is 0 Å². The summed E-state index contributed by atoms with van der Waals surface area (Å²) < 4.78 is 0. The highest BCUT2D eigenvalue weighted by Gasteiger charge is 1.78. The zero-order valence-corrected chi connectivity index (χ0v) is 6.54. The third-order valence-electron chi connectivity index (χ3n) is 1.57. The van der Waals surface area contributed by atoms with Crippen LogP contribution in [0.5, 0.6) is 0 Å². The summed E-state index contributed by atoms with van der Waals surface area (Å²) in [6, 6.07) is 8.01. The van der Waals surface area contributed by atoms with Crippen LogP contribution in [0, 0.1) is 5.41 Å². The molecule has 0 aromatic heterocycles. The van der Waals surface area contributed by atoms with Crippen LogP contribution in [-0.4, -0.2) is 6.21 Å². The molecule has 1 nitrogen and oxygen atoms in total. The van der Waals surface area contributed by atoms with Crippen molar-refractivity contribution in [3.05, 3.63) is 34.7 Å². The molecule has 56 valence electrons. The molecule has 0 fully saturated rings. The van der Waals surface area contributed by atoms with Gasteiger partial charge in [-0.3, -0.25) is 0 Å².